The van der Waals surface area contributed by atoms with Crippen LogP contribution < -0.4 is 4.31 Å². The molecule has 0 saturated carbocycles. The molecule has 3 aromatic rings. The van der Waals surface area contributed by atoms with Gasteiger partial charge in [0.15, 0.2) is 0 Å². The van der Waals surface area contributed by atoms with E-state index in [1.807, 2.05) is 18.2 Å². The van der Waals surface area contributed by atoms with Crippen LogP contribution in [0.2, 0.25) is 5.02 Å². The minimum Gasteiger partial charge on any atom is -0.262 e. The van der Waals surface area contributed by atoms with Crippen LogP contribution >= 0.6 is 11.6 Å². The summed E-state index contributed by atoms with van der Waals surface area (Å²) in [5.74, 6) is 0. The molecule has 0 bridgehead atoms. The molecule has 0 radical (unpaired) electrons. The third-order valence-electron chi connectivity index (χ3n) is 3.81. The summed E-state index contributed by atoms with van der Waals surface area (Å²) < 4.78 is 27.9. The maximum atomic E-state index is 13.3. The fraction of sp³-hybridized carbons (Fsp3) is 0.0500. The molecule has 0 atom stereocenters. The zero-order valence-electron chi connectivity index (χ0n) is 13.7. The number of nitrogens with zero attached hydrogens (tertiary/aromatic N) is 2. The van der Waals surface area contributed by atoms with Crippen molar-refractivity contribution in [3.63, 3.8) is 0 Å². The molecule has 26 heavy (non-hydrogen) atoms. The van der Waals surface area contributed by atoms with Crippen molar-refractivity contribution < 1.29 is 8.42 Å². The number of sulfonamides is 1. The minimum absolute atomic E-state index is 0.0717. The van der Waals surface area contributed by atoms with Gasteiger partial charge < -0.3 is 0 Å². The van der Waals surface area contributed by atoms with Gasteiger partial charge in [0.25, 0.3) is 10.0 Å². The van der Waals surface area contributed by atoms with E-state index in [1.165, 1.54) is 16.4 Å². The van der Waals surface area contributed by atoms with Crippen LogP contribution in [-0.4, -0.2) is 8.42 Å². The molecule has 0 aliphatic carbocycles. The summed E-state index contributed by atoms with van der Waals surface area (Å²) in [7, 11) is -3.86. The second kappa shape index (κ2) is 7.61. The molecule has 0 fully saturated rings. The highest BCUT2D eigenvalue weighted by Gasteiger charge is 2.25. The standard InChI is InChI=1S/C20H15ClN2O2S/c21-18-8-4-7-17(12-18)15-23(19-9-2-1-3-10-19)26(24,25)20-11-5-6-16(13-20)14-22/h1-13H,15H2. The summed E-state index contributed by atoms with van der Waals surface area (Å²) >= 11 is 6.04. The van der Waals surface area contributed by atoms with Crippen molar-refractivity contribution in [1.29, 1.82) is 5.26 Å². The molecule has 4 nitrogen and oxygen atoms in total. The largest absolute Gasteiger partial charge is 0.264 e. The number of hydrogen-bond donors (Lipinski definition) is 0. The van der Waals surface area contributed by atoms with Crippen LogP contribution in [0, 0.1) is 11.3 Å². The molecule has 0 aliphatic heterocycles. The van der Waals surface area contributed by atoms with Crippen molar-refractivity contribution in [1.82, 2.24) is 0 Å². The summed E-state index contributed by atoms with van der Waals surface area (Å²) in [5, 5.41) is 9.62. The lowest BCUT2D eigenvalue weighted by atomic mass is 10.2. The van der Waals surface area contributed by atoms with Gasteiger partial charge in [-0.1, -0.05) is 48.0 Å². The average Bonchev–Trinajstić information content (AvgIpc) is 2.67. The van der Waals surface area contributed by atoms with E-state index in [0.29, 0.717) is 16.3 Å². The van der Waals surface area contributed by atoms with Crippen molar-refractivity contribution in [3.8, 4) is 6.07 Å². The third-order valence-corrected chi connectivity index (χ3v) is 5.82. The molecule has 6 heteroatoms. The van der Waals surface area contributed by atoms with E-state index >= 15 is 0 Å². The van der Waals surface area contributed by atoms with Crippen LogP contribution in [0.15, 0.2) is 83.8 Å². The van der Waals surface area contributed by atoms with Crippen LogP contribution in [0.25, 0.3) is 0 Å². The summed E-state index contributed by atoms with van der Waals surface area (Å²) in [6, 6.07) is 23.9. The Hall–Kier alpha value is -2.81. The summed E-state index contributed by atoms with van der Waals surface area (Å²) in [5.41, 5.74) is 1.60. The van der Waals surface area contributed by atoms with Crippen LogP contribution in [-0.2, 0) is 16.6 Å². The zero-order valence-corrected chi connectivity index (χ0v) is 15.3. The van der Waals surface area contributed by atoms with Crippen molar-refractivity contribution >= 4 is 27.3 Å². The van der Waals surface area contributed by atoms with Crippen LogP contribution in [0.1, 0.15) is 11.1 Å². The Morgan fingerprint density at radius 2 is 1.65 bits per heavy atom. The monoisotopic (exact) mass is 382 g/mol. The van der Waals surface area contributed by atoms with E-state index in [9.17, 15) is 8.42 Å². The molecule has 0 spiro atoms. The number of benzene rings is 3. The van der Waals surface area contributed by atoms with E-state index in [2.05, 4.69) is 0 Å². The lowest BCUT2D eigenvalue weighted by Crippen LogP contribution is -2.30. The Bertz CT molecular complexity index is 1060. The SMILES string of the molecule is N#Cc1cccc(S(=O)(=O)N(Cc2cccc(Cl)c2)c2ccccc2)c1. The van der Waals surface area contributed by atoms with Crippen LogP contribution in [0.4, 0.5) is 5.69 Å². The first kappa shape index (κ1) is 18.0. The summed E-state index contributed by atoms with van der Waals surface area (Å²) in [6.07, 6.45) is 0. The second-order valence-corrected chi connectivity index (χ2v) is 7.92. The number of halogens is 1. The molecule has 0 heterocycles. The predicted molar refractivity (Wildman–Crippen MR) is 102 cm³/mol. The van der Waals surface area contributed by atoms with Gasteiger partial charge in [-0.05, 0) is 48.0 Å². The smallest absolute Gasteiger partial charge is 0.262 e. The number of hydrogen-bond acceptors (Lipinski definition) is 3. The fourth-order valence-electron chi connectivity index (χ4n) is 2.56. The fourth-order valence-corrected chi connectivity index (χ4v) is 4.28. The quantitative estimate of drug-likeness (QED) is 0.647. The van der Waals surface area contributed by atoms with Gasteiger partial charge in [-0.25, -0.2) is 8.42 Å². The lowest BCUT2D eigenvalue weighted by molar-refractivity contribution is 0.590. The highest BCUT2D eigenvalue weighted by Crippen LogP contribution is 2.26. The van der Waals surface area contributed by atoms with Crippen molar-refractivity contribution in [3.05, 3.63) is 95.0 Å². The minimum atomic E-state index is -3.86. The Morgan fingerprint density at radius 1 is 0.923 bits per heavy atom. The van der Waals surface area contributed by atoms with Gasteiger partial charge in [-0.3, -0.25) is 4.31 Å². The van der Waals surface area contributed by atoms with Gasteiger partial charge in [0.1, 0.15) is 0 Å². The Balaban J connectivity index is 2.09. The highest BCUT2D eigenvalue weighted by atomic mass is 35.5. The first-order valence-electron chi connectivity index (χ1n) is 7.83. The van der Waals surface area contributed by atoms with Crippen molar-refractivity contribution in [2.24, 2.45) is 0 Å². The second-order valence-electron chi connectivity index (χ2n) is 5.62. The molecule has 3 rings (SSSR count). The highest BCUT2D eigenvalue weighted by molar-refractivity contribution is 7.92. The number of nitriles is 1. The summed E-state index contributed by atoms with van der Waals surface area (Å²) in [4.78, 5) is 0.0717. The first-order valence-corrected chi connectivity index (χ1v) is 9.65. The topological polar surface area (TPSA) is 61.2 Å². The number of rotatable bonds is 5. The van der Waals surface area contributed by atoms with E-state index in [0.717, 1.165) is 5.56 Å². The number of anilines is 1. The van der Waals surface area contributed by atoms with E-state index in [-0.39, 0.29) is 11.4 Å². The molecule has 0 N–H and O–H groups in total. The Morgan fingerprint density at radius 3 is 2.35 bits per heavy atom. The molecule has 0 aliphatic rings. The van der Waals surface area contributed by atoms with E-state index < -0.39 is 10.0 Å². The van der Waals surface area contributed by atoms with Gasteiger partial charge in [0, 0.05) is 5.02 Å². The van der Waals surface area contributed by atoms with Gasteiger partial charge in [-0.2, -0.15) is 5.26 Å². The average molecular weight is 383 g/mol. The van der Waals surface area contributed by atoms with E-state index in [4.69, 9.17) is 16.9 Å². The Kier molecular flexibility index (Phi) is 5.27. The van der Waals surface area contributed by atoms with Crippen LogP contribution in [0.5, 0.6) is 0 Å². The van der Waals surface area contributed by atoms with Gasteiger partial charge in [0.2, 0.25) is 0 Å². The predicted octanol–water partition coefficient (Wildman–Crippen LogP) is 4.61. The maximum Gasteiger partial charge on any atom is 0.264 e. The molecule has 3 aromatic carbocycles. The van der Waals surface area contributed by atoms with Crippen molar-refractivity contribution in [2.75, 3.05) is 4.31 Å². The maximum absolute atomic E-state index is 13.3. The molecule has 130 valence electrons. The molecular formula is C20H15ClN2O2S. The molecule has 0 unspecified atom stereocenters. The molecule has 0 amide bonds. The van der Waals surface area contributed by atoms with Gasteiger partial charge in [0.05, 0.1) is 28.8 Å². The first-order chi connectivity index (χ1) is 12.5. The van der Waals surface area contributed by atoms with Crippen molar-refractivity contribution in [2.45, 2.75) is 11.4 Å². The van der Waals surface area contributed by atoms with Gasteiger partial charge in [-0.15, -0.1) is 0 Å². The van der Waals surface area contributed by atoms with Crippen LogP contribution in [0.3, 0.4) is 0 Å². The molecule has 0 aromatic heterocycles. The zero-order chi connectivity index (χ0) is 18.6. The van der Waals surface area contributed by atoms with E-state index in [1.54, 1.807) is 54.6 Å². The summed E-state index contributed by atoms with van der Waals surface area (Å²) in [6.45, 7) is 0.129. The molecule has 0 saturated heterocycles. The third kappa shape index (κ3) is 3.88. The number of para-hydroxylation sites is 1. The molecular weight excluding hydrogens is 368 g/mol. The Labute approximate surface area is 157 Å². The lowest BCUT2D eigenvalue weighted by Gasteiger charge is -2.25. The normalized spacial score (nSPS) is 10.9. The van der Waals surface area contributed by atoms with Gasteiger partial charge >= 0.3 is 0 Å².